The molecule has 1 aromatic carbocycles. The number of rotatable bonds is 6. The van der Waals surface area contributed by atoms with Crippen LogP contribution in [0.1, 0.15) is 20.8 Å². The maximum atomic E-state index is 11.6. The largest absolute Gasteiger partial charge is 0.491 e. The summed E-state index contributed by atoms with van der Waals surface area (Å²) in [5.41, 5.74) is 0.920. The van der Waals surface area contributed by atoms with Crippen molar-refractivity contribution in [1.82, 2.24) is 4.90 Å². The van der Waals surface area contributed by atoms with Gasteiger partial charge in [0.25, 0.3) is 0 Å². The molecular formula is C14H22N2O2. The predicted molar refractivity (Wildman–Crippen MR) is 74.0 cm³/mol. The molecule has 1 amide bonds. The maximum absolute atomic E-state index is 11.6. The van der Waals surface area contributed by atoms with Crippen molar-refractivity contribution in [3.8, 4) is 5.75 Å². The van der Waals surface area contributed by atoms with E-state index in [4.69, 9.17) is 4.74 Å². The van der Waals surface area contributed by atoms with Crippen LogP contribution in [0.3, 0.4) is 0 Å². The Kier molecular flexibility index (Phi) is 5.49. The first-order valence-electron chi connectivity index (χ1n) is 6.27. The fraction of sp³-hybridized carbons (Fsp3) is 0.500. The molecule has 18 heavy (non-hydrogen) atoms. The van der Waals surface area contributed by atoms with Crippen molar-refractivity contribution in [3.05, 3.63) is 24.3 Å². The summed E-state index contributed by atoms with van der Waals surface area (Å²) < 4.78 is 5.55. The summed E-state index contributed by atoms with van der Waals surface area (Å²) in [6.07, 6.45) is 0.170. The van der Waals surface area contributed by atoms with Gasteiger partial charge in [0, 0.05) is 19.3 Å². The first-order chi connectivity index (χ1) is 8.52. The number of ether oxygens (including phenoxy) is 1. The number of amides is 1. The summed E-state index contributed by atoms with van der Waals surface area (Å²) in [6, 6.07) is 7.63. The van der Waals surface area contributed by atoms with E-state index in [1.165, 1.54) is 0 Å². The Morgan fingerprint density at radius 3 is 2.44 bits per heavy atom. The molecule has 100 valence electrons. The Bertz CT molecular complexity index is 374. The van der Waals surface area contributed by atoms with Gasteiger partial charge in [-0.05, 0) is 45.0 Å². The molecule has 0 aliphatic carbocycles. The molecule has 0 unspecified atom stereocenters. The molecule has 0 spiro atoms. The molecule has 1 aromatic rings. The van der Waals surface area contributed by atoms with E-state index in [2.05, 4.69) is 5.32 Å². The van der Waals surface area contributed by atoms with Crippen molar-refractivity contribution in [1.29, 1.82) is 0 Å². The molecule has 1 rings (SSSR count). The number of likely N-dealkylation sites (N-methyl/N-ethyl adjacent to an activating group) is 1. The lowest BCUT2D eigenvalue weighted by Gasteiger charge is -2.15. The topological polar surface area (TPSA) is 41.6 Å². The molecule has 0 saturated carbocycles. The van der Waals surface area contributed by atoms with Crippen LogP contribution in [0.2, 0.25) is 0 Å². The van der Waals surface area contributed by atoms with Crippen LogP contribution in [0.15, 0.2) is 24.3 Å². The number of anilines is 1. The summed E-state index contributed by atoms with van der Waals surface area (Å²) in [5.74, 6) is 0.924. The van der Waals surface area contributed by atoms with E-state index in [-0.39, 0.29) is 12.0 Å². The summed E-state index contributed by atoms with van der Waals surface area (Å²) in [5, 5.41) is 3.09. The second kappa shape index (κ2) is 6.89. The standard InChI is InChI=1S/C14H22N2O2/c1-5-16(4)14(17)10-15-12-6-8-13(9-7-12)18-11(2)3/h6-9,11,15H,5,10H2,1-4H3. The van der Waals surface area contributed by atoms with Gasteiger partial charge in [-0.25, -0.2) is 0 Å². The highest BCUT2D eigenvalue weighted by Crippen LogP contribution is 2.16. The Morgan fingerprint density at radius 1 is 1.33 bits per heavy atom. The number of benzene rings is 1. The summed E-state index contributed by atoms with van der Waals surface area (Å²) >= 11 is 0. The lowest BCUT2D eigenvalue weighted by atomic mass is 10.3. The molecular weight excluding hydrogens is 228 g/mol. The first-order valence-corrected chi connectivity index (χ1v) is 6.27. The Morgan fingerprint density at radius 2 is 1.94 bits per heavy atom. The second-order valence-electron chi connectivity index (χ2n) is 4.45. The SMILES string of the molecule is CCN(C)C(=O)CNc1ccc(OC(C)C)cc1. The molecule has 4 heteroatoms. The Balaban J connectivity index is 2.46. The van der Waals surface area contributed by atoms with E-state index in [1.54, 1.807) is 11.9 Å². The Hall–Kier alpha value is -1.71. The second-order valence-corrected chi connectivity index (χ2v) is 4.45. The Labute approximate surface area is 109 Å². The third kappa shape index (κ3) is 4.65. The average molecular weight is 250 g/mol. The predicted octanol–water partition coefficient (Wildman–Crippen LogP) is 2.36. The van der Waals surface area contributed by atoms with Gasteiger partial charge in [-0.2, -0.15) is 0 Å². The molecule has 1 N–H and O–H groups in total. The minimum Gasteiger partial charge on any atom is -0.491 e. The number of hydrogen-bond donors (Lipinski definition) is 1. The van der Waals surface area contributed by atoms with Crippen LogP contribution in [-0.2, 0) is 4.79 Å². The maximum Gasteiger partial charge on any atom is 0.241 e. The third-order valence-corrected chi connectivity index (χ3v) is 2.57. The van der Waals surface area contributed by atoms with Crippen LogP contribution >= 0.6 is 0 Å². The molecule has 0 radical (unpaired) electrons. The normalized spacial score (nSPS) is 10.3. The van der Waals surface area contributed by atoms with Crippen molar-refractivity contribution in [2.24, 2.45) is 0 Å². The van der Waals surface area contributed by atoms with Gasteiger partial charge < -0.3 is 15.0 Å². The minimum absolute atomic E-state index is 0.0833. The zero-order chi connectivity index (χ0) is 13.5. The van der Waals surface area contributed by atoms with Gasteiger partial charge in [0.05, 0.1) is 12.6 Å². The molecule has 0 heterocycles. The number of nitrogens with zero attached hydrogens (tertiary/aromatic N) is 1. The summed E-state index contributed by atoms with van der Waals surface area (Å²) in [4.78, 5) is 13.3. The third-order valence-electron chi connectivity index (χ3n) is 2.57. The van der Waals surface area contributed by atoms with Crippen molar-refractivity contribution in [3.63, 3.8) is 0 Å². The van der Waals surface area contributed by atoms with Gasteiger partial charge in [0.15, 0.2) is 0 Å². The van der Waals surface area contributed by atoms with Crippen LogP contribution < -0.4 is 10.1 Å². The van der Waals surface area contributed by atoms with Crippen molar-refractivity contribution in [2.75, 3.05) is 25.5 Å². The smallest absolute Gasteiger partial charge is 0.241 e. The fourth-order valence-corrected chi connectivity index (χ4v) is 1.41. The molecule has 0 fully saturated rings. The molecule has 0 aromatic heterocycles. The molecule has 0 bridgehead atoms. The van der Waals surface area contributed by atoms with Crippen LogP contribution in [0.5, 0.6) is 5.75 Å². The van der Waals surface area contributed by atoms with E-state index in [9.17, 15) is 4.79 Å². The van der Waals surface area contributed by atoms with Gasteiger partial charge in [-0.3, -0.25) is 4.79 Å². The minimum atomic E-state index is 0.0833. The first kappa shape index (κ1) is 14.4. The average Bonchev–Trinajstić information content (AvgIpc) is 2.36. The van der Waals surface area contributed by atoms with Crippen LogP contribution in [0, 0.1) is 0 Å². The number of hydrogen-bond acceptors (Lipinski definition) is 3. The van der Waals surface area contributed by atoms with E-state index in [0.717, 1.165) is 18.0 Å². The van der Waals surface area contributed by atoms with E-state index in [1.807, 2.05) is 45.0 Å². The zero-order valence-corrected chi connectivity index (χ0v) is 11.6. The van der Waals surface area contributed by atoms with E-state index in [0.29, 0.717) is 6.54 Å². The van der Waals surface area contributed by atoms with Crippen molar-refractivity contribution in [2.45, 2.75) is 26.9 Å². The molecule has 0 saturated heterocycles. The molecule has 4 nitrogen and oxygen atoms in total. The molecule has 0 aliphatic heterocycles. The van der Waals surface area contributed by atoms with E-state index < -0.39 is 0 Å². The lowest BCUT2D eigenvalue weighted by molar-refractivity contribution is -0.127. The van der Waals surface area contributed by atoms with Gasteiger partial charge in [0.2, 0.25) is 5.91 Å². The van der Waals surface area contributed by atoms with Crippen molar-refractivity contribution < 1.29 is 9.53 Å². The van der Waals surface area contributed by atoms with Gasteiger partial charge in [-0.1, -0.05) is 0 Å². The highest BCUT2D eigenvalue weighted by molar-refractivity contribution is 5.80. The van der Waals surface area contributed by atoms with Crippen LogP contribution in [-0.4, -0.2) is 37.0 Å². The number of nitrogens with one attached hydrogen (secondary N) is 1. The number of carbonyl (C=O) groups excluding carboxylic acids is 1. The lowest BCUT2D eigenvalue weighted by Crippen LogP contribution is -2.31. The van der Waals surface area contributed by atoms with Gasteiger partial charge in [0.1, 0.15) is 5.75 Å². The van der Waals surface area contributed by atoms with Gasteiger partial charge in [-0.15, -0.1) is 0 Å². The van der Waals surface area contributed by atoms with E-state index >= 15 is 0 Å². The highest BCUT2D eigenvalue weighted by atomic mass is 16.5. The highest BCUT2D eigenvalue weighted by Gasteiger charge is 2.05. The molecule has 0 atom stereocenters. The summed E-state index contributed by atoms with van der Waals surface area (Å²) in [7, 11) is 1.80. The monoisotopic (exact) mass is 250 g/mol. The fourth-order valence-electron chi connectivity index (χ4n) is 1.41. The number of carbonyl (C=O) groups is 1. The van der Waals surface area contributed by atoms with Crippen molar-refractivity contribution >= 4 is 11.6 Å². The molecule has 0 aliphatic rings. The van der Waals surface area contributed by atoms with Crippen LogP contribution in [0.25, 0.3) is 0 Å². The quantitative estimate of drug-likeness (QED) is 0.842. The van der Waals surface area contributed by atoms with Gasteiger partial charge >= 0.3 is 0 Å². The van der Waals surface area contributed by atoms with Crippen LogP contribution in [0.4, 0.5) is 5.69 Å². The summed E-state index contributed by atoms with van der Waals surface area (Å²) in [6.45, 7) is 6.98. The zero-order valence-electron chi connectivity index (χ0n) is 11.6.